The first kappa shape index (κ1) is 64.5. The van der Waals surface area contributed by atoms with Crippen LogP contribution in [0.5, 0.6) is 0 Å². The third-order valence-corrected chi connectivity index (χ3v) is 18.3. The first-order valence-electron chi connectivity index (χ1n) is 31.2. The monoisotopic (exact) mass is 1120 g/mol. The quantitative estimate of drug-likeness (QED) is 0.0576. The lowest BCUT2D eigenvalue weighted by Crippen LogP contribution is -2.31. The lowest BCUT2D eigenvalue weighted by atomic mass is 9.80. The van der Waals surface area contributed by atoms with E-state index in [0.717, 1.165) is 140 Å². The molecule has 6 N–H and O–H groups in total. The van der Waals surface area contributed by atoms with E-state index in [1.807, 2.05) is 97.1 Å². The summed E-state index contributed by atoms with van der Waals surface area (Å²) in [6.45, 7) is 0. The molecule has 6 aliphatic carbocycles. The molecule has 10 heteroatoms. The lowest BCUT2D eigenvalue weighted by Gasteiger charge is -2.34. The molecule has 12 rings (SSSR count). The van der Waals surface area contributed by atoms with Gasteiger partial charge in [-0.05, 0) is 142 Å². The molecule has 0 bridgehead atoms. The summed E-state index contributed by atoms with van der Waals surface area (Å²) >= 11 is 0. The maximum absolute atomic E-state index is 10.3. The summed E-state index contributed by atoms with van der Waals surface area (Å²) in [7, 11) is 0. The van der Waals surface area contributed by atoms with E-state index in [4.69, 9.17) is 25.9 Å². The first-order valence-corrected chi connectivity index (χ1v) is 31.2. The molecule has 6 unspecified atom stereocenters. The van der Waals surface area contributed by atoms with Crippen LogP contribution >= 0.6 is 0 Å². The SMILES string of the molecule is OC1(c2ccccc2)CCCCC1.OC1CCCCC1c1ccccc1.OOC1(c2ccccc2)CCCCC1.OOC1CCC(c2ccccc2)CC1.OOC1CCCC(c2ccccc2)C1.OOC1CCCCC1c1ccccc1. The van der Waals surface area contributed by atoms with Gasteiger partial charge in [0.05, 0.1) is 30.0 Å². The van der Waals surface area contributed by atoms with Crippen molar-refractivity contribution in [3.8, 4) is 0 Å². The molecule has 0 radical (unpaired) electrons. The highest BCUT2D eigenvalue weighted by atomic mass is 17.1. The van der Waals surface area contributed by atoms with Gasteiger partial charge in [0, 0.05) is 11.8 Å². The molecule has 0 aromatic heterocycles. The number of rotatable bonds is 10. The molecule has 82 heavy (non-hydrogen) atoms. The highest BCUT2D eigenvalue weighted by Crippen LogP contribution is 2.41. The van der Waals surface area contributed by atoms with Gasteiger partial charge in [-0.15, -0.1) is 0 Å². The smallest absolute Gasteiger partial charge is 0.128 e. The molecule has 6 aromatic rings. The fourth-order valence-electron chi connectivity index (χ4n) is 13.5. The van der Waals surface area contributed by atoms with E-state index < -0.39 is 11.2 Å². The Hall–Kier alpha value is -5.08. The van der Waals surface area contributed by atoms with Crippen LogP contribution < -0.4 is 0 Å². The molecular weight excluding hydrogens is 1020 g/mol. The number of hydrogen-bond acceptors (Lipinski definition) is 10. The Bertz CT molecular complexity index is 2520. The summed E-state index contributed by atoms with van der Waals surface area (Å²) in [4.78, 5) is 18.1. The minimum Gasteiger partial charge on any atom is -0.392 e. The average Bonchev–Trinajstić information content (AvgIpc) is 3.59. The van der Waals surface area contributed by atoms with Crippen molar-refractivity contribution < 1.29 is 50.8 Å². The number of aliphatic hydroxyl groups excluding tert-OH is 1. The van der Waals surface area contributed by atoms with Crippen molar-refractivity contribution in [3.05, 3.63) is 215 Å². The van der Waals surface area contributed by atoms with E-state index in [2.05, 4.69) is 99.6 Å². The number of benzene rings is 6. The molecule has 0 saturated heterocycles. The molecule has 0 amide bonds. The fourth-order valence-corrected chi connectivity index (χ4v) is 13.5. The molecule has 0 spiro atoms. The van der Waals surface area contributed by atoms with Crippen molar-refractivity contribution in [1.82, 2.24) is 0 Å². The summed E-state index contributed by atoms with van der Waals surface area (Å²) in [5, 5.41) is 55.3. The van der Waals surface area contributed by atoms with Gasteiger partial charge < -0.3 is 10.2 Å². The highest BCUT2D eigenvalue weighted by Gasteiger charge is 2.36. The van der Waals surface area contributed by atoms with Crippen LogP contribution in [0, 0.1) is 0 Å². The van der Waals surface area contributed by atoms with Gasteiger partial charge in [0.2, 0.25) is 0 Å². The largest absolute Gasteiger partial charge is 0.392 e. The normalized spacial score (nSPS) is 25.5. The topological polar surface area (TPSA) is 158 Å². The minimum absolute atomic E-state index is 0.00819. The molecule has 6 atom stereocenters. The Labute approximate surface area is 490 Å². The van der Waals surface area contributed by atoms with E-state index in [1.54, 1.807) is 0 Å². The summed E-state index contributed by atoms with van der Waals surface area (Å²) < 4.78 is 0. The standard InChI is InChI=1S/4C12H16O2.2C12H16O/c13-14-12(9-5-2-6-10-12)11-7-3-1-4-8-11;13-14-12-9-5-4-8-11(12)10-6-2-1-3-7-10;13-14-12-8-4-7-11(9-12)10-5-2-1-3-6-10;13-14-12-8-6-11(7-9-12)10-4-2-1-3-5-10;13-12(9-5-2-6-10-12)11-7-3-1-4-8-11;13-12-9-5-4-8-11(12)10-6-2-1-3-7-10/h1,3-4,7-8,13H,2,5-6,9-10H2;1-3,6-7,11-13H,4-5,8-9H2;1-3,5-6,11-13H,4,7-9H2;1-5,11-13H,6-9H2;1,3-4,7-8,13H,2,5-6,9-10H2;1-3,6-7,11-13H,4-5,8-9H2. The van der Waals surface area contributed by atoms with Crippen LogP contribution in [0.4, 0.5) is 0 Å². The molecule has 10 nitrogen and oxygen atoms in total. The molecule has 6 aliphatic rings. The maximum atomic E-state index is 10.3. The molecule has 6 saturated carbocycles. The maximum Gasteiger partial charge on any atom is 0.128 e. The van der Waals surface area contributed by atoms with Crippen LogP contribution in [-0.2, 0) is 30.8 Å². The van der Waals surface area contributed by atoms with Gasteiger partial charge >= 0.3 is 0 Å². The van der Waals surface area contributed by atoms with Gasteiger partial charge in [-0.2, -0.15) is 0 Å². The average molecular weight is 1120 g/mol. The summed E-state index contributed by atoms with van der Waals surface area (Å²) in [6.07, 6.45) is 28.3. The Morgan fingerprint density at radius 2 is 0.756 bits per heavy atom. The molecule has 6 aromatic carbocycles. The lowest BCUT2D eigenvalue weighted by molar-refractivity contribution is -0.337. The number of aliphatic hydroxyl groups is 2. The van der Waals surface area contributed by atoms with Gasteiger partial charge in [0.1, 0.15) is 5.60 Å². The van der Waals surface area contributed by atoms with Crippen LogP contribution in [0.15, 0.2) is 182 Å². The summed E-state index contributed by atoms with van der Waals surface area (Å²) in [5.41, 5.74) is 6.61. The Kier molecular flexibility index (Phi) is 28.2. The minimum atomic E-state index is -0.528. The van der Waals surface area contributed by atoms with Crippen molar-refractivity contribution in [2.75, 3.05) is 0 Å². The molecular formula is C72H96O10. The van der Waals surface area contributed by atoms with Crippen LogP contribution in [0.2, 0.25) is 0 Å². The highest BCUT2D eigenvalue weighted by molar-refractivity contribution is 5.26. The van der Waals surface area contributed by atoms with Crippen LogP contribution in [-0.4, -0.2) is 55.7 Å². The second kappa shape index (κ2) is 35.9. The third-order valence-electron chi connectivity index (χ3n) is 18.3. The Balaban J connectivity index is 0.000000142. The van der Waals surface area contributed by atoms with E-state index in [1.165, 1.54) is 60.8 Å². The number of hydrogen-bond donors (Lipinski definition) is 6. The Morgan fingerprint density at radius 1 is 0.329 bits per heavy atom. The molecule has 6 fully saturated rings. The molecule has 0 aliphatic heterocycles. The van der Waals surface area contributed by atoms with Crippen molar-refractivity contribution in [2.45, 2.75) is 226 Å². The van der Waals surface area contributed by atoms with Crippen LogP contribution in [0.3, 0.4) is 0 Å². The predicted octanol–water partition coefficient (Wildman–Crippen LogP) is 18.5. The molecule has 0 heterocycles. The second-order valence-electron chi connectivity index (χ2n) is 23.8. The molecule has 444 valence electrons. The van der Waals surface area contributed by atoms with E-state index >= 15 is 0 Å². The van der Waals surface area contributed by atoms with E-state index in [9.17, 15) is 10.2 Å². The zero-order valence-electron chi connectivity index (χ0n) is 48.6. The zero-order valence-corrected chi connectivity index (χ0v) is 48.6. The van der Waals surface area contributed by atoms with Crippen LogP contribution in [0.25, 0.3) is 0 Å². The third kappa shape index (κ3) is 20.3. The second-order valence-corrected chi connectivity index (χ2v) is 23.8. The fraction of sp³-hybridized carbons (Fsp3) is 0.500. The Morgan fingerprint density at radius 3 is 1.24 bits per heavy atom. The van der Waals surface area contributed by atoms with Gasteiger partial charge in [0.15, 0.2) is 0 Å². The van der Waals surface area contributed by atoms with Crippen LogP contribution in [0.1, 0.15) is 224 Å². The first-order chi connectivity index (χ1) is 40.3. The van der Waals surface area contributed by atoms with E-state index in [-0.39, 0.29) is 24.4 Å². The van der Waals surface area contributed by atoms with Gasteiger partial charge in [-0.3, -0.25) is 21.0 Å². The van der Waals surface area contributed by atoms with Gasteiger partial charge in [-0.1, -0.05) is 253 Å². The van der Waals surface area contributed by atoms with Crippen molar-refractivity contribution in [1.29, 1.82) is 0 Å². The van der Waals surface area contributed by atoms with Gasteiger partial charge in [0.25, 0.3) is 0 Å². The summed E-state index contributed by atoms with van der Waals surface area (Å²) in [5.74, 6) is 1.97. The van der Waals surface area contributed by atoms with Gasteiger partial charge in [-0.25, -0.2) is 19.6 Å². The van der Waals surface area contributed by atoms with E-state index in [0.29, 0.717) is 23.7 Å². The van der Waals surface area contributed by atoms with Crippen molar-refractivity contribution in [3.63, 3.8) is 0 Å². The predicted molar refractivity (Wildman–Crippen MR) is 327 cm³/mol. The van der Waals surface area contributed by atoms with Crippen molar-refractivity contribution in [2.24, 2.45) is 0 Å². The van der Waals surface area contributed by atoms with Crippen molar-refractivity contribution >= 4 is 0 Å². The zero-order chi connectivity index (χ0) is 57.5. The summed E-state index contributed by atoms with van der Waals surface area (Å²) in [6, 6.07) is 61.9.